The van der Waals surface area contributed by atoms with Gasteiger partial charge < -0.3 is 4.57 Å². The highest BCUT2D eigenvalue weighted by atomic mass is 32.2. The van der Waals surface area contributed by atoms with Crippen molar-refractivity contribution in [1.82, 2.24) is 9.55 Å². The predicted octanol–water partition coefficient (Wildman–Crippen LogP) is 2.82. The molecule has 0 bridgehead atoms. The number of aryl methyl sites for hydroxylation is 1. The fourth-order valence-electron chi connectivity index (χ4n) is 1.55. The Hall–Kier alpha value is -0.895. The number of rotatable bonds is 3. The van der Waals surface area contributed by atoms with Gasteiger partial charge in [0.1, 0.15) is 0 Å². The summed E-state index contributed by atoms with van der Waals surface area (Å²) in [5.41, 5.74) is 2.30. The zero-order valence-electron chi connectivity index (χ0n) is 8.40. The Morgan fingerprint density at radius 1 is 1.43 bits per heavy atom. The van der Waals surface area contributed by atoms with Crippen LogP contribution >= 0.6 is 11.6 Å². The number of hydrogen-bond donors (Lipinski definition) is 0. The number of hydrogen-bond acceptors (Lipinski definition) is 2. The zero-order chi connectivity index (χ0) is 9.97. The van der Waals surface area contributed by atoms with Gasteiger partial charge in [0.05, 0.1) is 11.0 Å². The van der Waals surface area contributed by atoms with Crippen molar-refractivity contribution in [3.05, 3.63) is 24.3 Å². The first-order valence-corrected chi connectivity index (χ1v) is 5.64. The Balaban J connectivity index is 2.60. The van der Waals surface area contributed by atoms with Crippen LogP contribution in [0.4, 0.5) is 0 Å². The van der Waals surface area contributed by atoms with Gasteiger partial charge in [0.15, 0.2) is 11.7 Å². The predicted molar refractivity (Wildman–Crippen MR) is 62.9 cm³/mol. The van der Waals surface area contributed by atoms with Gasteiger partial charge in [0.2, 0.25) is 0 Å². The molecule has 0 saturated carbocycles. The van der Waals surface area contributed by atoms with E-state index in [0.717, 1.165) is 17.2 Å². The number of para-hydroxylation sites is 2. The number of aromatic nitrogens is 2. The molecule has 4 heteroatoms. The first-order chi connectivity index (χ1) is 6.86. The van der Waals surface area contributed by atoms with E-state index < -0.39 is 0 Å². The highest BCUT2D eigenvalue weighted by Gasteiger charge is 2.07. The van der Waals surface area contributed by atoms with Crippen LogP contribution in [-0.4, -0.2) is 16.1 Å². The number of nitrogens with zero attached hydrogens (tertiary/aromatic N) is 2. The minimum Gasteiger partial charge on any atom is -0.320 e. The minimum absolute atomic E-state index is 0.969. The summed E-state index contributed by atoms with van der Waals surface area (Å²) in [4.78, 5) is 4.57. The van der Waals surface area contributed by atoms with Crippen LogP contribution in [0, 0.1) is 0 Å². The maximum absolute atomic E-state index is 4.57. The molecule has 2 aromatic rings. The molecule has 0 spiro atoms. The van der Waals surface area contributed by atoms with Crippen molar-refractivity contribution in [2.24, 2.45) is 0 Å². The molecule has 0 unspecified atom stereocenters. The molecule has 71 valence electrons. The molecule has 0 amide bonds. The van der Waals surface area contributed by atoms with E-state index >= 15 is 0 Å². The lowest BCUT2D eigenvalue weighted by molar-refractivity contribution is 0.704. The van der Waals surface area contributed by atoms with Gasteiger partial charge in [0, 0.05) is 6.54 Å². The van der Waals surface area contributed by atoms with Crippen LogP contribution in [0.25, 0.3) is 11.0 Å². The quantitative estimate of drug-likeness (QED) is 0.713. The lowest BCUT2D eigenvalue weighted by atomic mass is 10.2. The topological polar surface area (TPSA) is 17.8 Å². The van der Waals surface area contributed by atoms with Crippen LogP contribution in [-0.2, 0) is 6.54 Å². The lowest BCUT2D eigenvalue weighted by Crippen LogP contribution is -1.96. The van der Waals surface area contributed by atoms with Crippen LogP contribution < -0.4 is 0 Å². The Morgan fingerprint density at radius 3 is 2.93 bits per heavy atom. The highest BCUT2D eigenvalue weighted by Crippen LogP contribution is 2.22. The van der Waals surface area contributed by atoms with Crippen molar-refractivity contribution in [3.8, 4) is 0 Å². The first-order valence-electron chi connectivity index (χ1n) is 4.76. The van der Waals surface area contributed by atoms with E-state index in [1.165, 1.54) is 5.52 Å². The molecule has 1 radical (unpaired) electrons. The summed E-state index contributed by atoms with van der Waals surface area (Å²) in [5.74, 6) is 0. The average Bonchev–Trinajstić information content (AvgIpc) is 2.55. The van der Waals surface area contributed by atoms with Crippen molar-refractivity contribution < 1.29 is 0 Å². The van der Waals surface area contributed by atoms with Gasteiger partial charge in [-0.15, -0.1) is 11.6 Å². The second kappa shape index (κ2) is 4.09. The first kappa shape index (κ1) is 9.65. The van der Waals surface area contributed by atoms with Crippen LogP contribution in [0.2, 0.25) is 6.82 Å². The van der Waals surface area contributed by atoms with E-state index in [-0.39, 0.29) is 0 Å². The highest BCUT2D eigenvalue weighted by molar-refractivity contribution is 8.22. The number of fused-ring (bicyclic) bond motifs is 1. The fraction of sp³-hybridized carbons (Fsp3) is 0.300. The second-order valence-electron chi connectivity index (χ2n) is 2.98. The third-order valence-electron chi connectivity index (χ3n) is 2.16. The van der Waals surface area contributed by atoms with Crippen molar-refractivity contribution in [2.75, 3.05) is 0 Å². The van der Waals surface area contributed by atoms with E-state index in [4.69, 9.17) is 0 Å². The van der Waals surface area contributed by atoms with E-state index in [0.29, 0.717) is 0 Å². The van der Waals surface area contributed by atoms with Gasteiger partial charge in [-0.2, -0.15) is 0 Å². The van der Waals surface area contributed by atoms with Gasteiger partial charge in [0.25, 0.3) is 0 Å². The molecule has 0 aliphatic carbocycles. The molecule has 2 nitrogen and oxygen atoms in total. The molecular formula is C10H12BN2S. The molecular weight excluding hydrogens is 191 g/mol. The van der Waals surface area contributed by atoms with Crippen molar-refractivity contribution in [3.63, 3.8) is 0 Å². The van der Waals surface area contributed by atoms with Crippen LogP contribution in [0.3, 0.4) is 0 Å². The smallest absolute Gasteiger partial charge is 0.199 e. The molecule has 14 heavy (non-hydrogen) atoms. The summed E-state index contributed by atoms with van der Waals surface area (Å²) in [6.07, 6.45) is 0. The Kier molecular flexibility index (Phi) is 2.82. The Morgan fingerprint density at radius 2 is 2.21 bits per heavy atom. The largest absolute Gasteiger partial charge is 0.320 e. The molecule has 0 saturated heterocycles. The Bertz CT molecular complexity index is 439. The fourth-order valence-corrected chi connectivity index (χ4v) is 2.27. The van der Waals surface area contributed by atoms with Crippen molar-refractivity contribution >= 4 is 29.2 Å². The summed E-state index contributed by atoms with van der Waals surface area (Å²) in [7, 11) is 0. The molecule has 0 aliphatic rings. The molecule has 1 aromatic carbocycles. The van der Waals surface area contributed by atoms with E-state index in [1.54, 1.807) is 11.6 Å². The van der Waals surface area contributed by atoms with Gasteiger partial charge in [-0.3, -0.25) is 0 Å². The van der Waals surface area contributed by atoms with Crippen LogP contribution in [0.5, 0.6) is 0 Å². The standard InChI is InChI=1S/C10H12BN2S/c1-3-13-9-7-5-4-6-8(9)12-10(13)14-11-2/h4-7H,3H2,1-2H3. The molecule has 1 aromatic heterocycles. The lowest BCUT2D eigenvalue weighted by Gasteiger charge is -2.03. The summed E-state index contributed by atoms with van der Waals surface area (Å²) < 4.78 is 2.24. The summed E-state index contributed by atoms with van der Waals surface area (Å²) in [6, 6.07) is 8.26. The van der Waals surface area contributed by atoms with Gasteiger partial charge >= 0.3 is 0 Å². The average molecular weight is 203 g/mol. The van der Waals surface area contributed by atoms with E-state index in [9.17, 15) is 0 Å². The third-order valence-corrected chi connectivity index (χ3v) is 2.92. The molecule has 2 rings (SSSR count). The number of imidazole rings is 1. The Labute approximate surface area is 88.9 Å². The molecule has 0 fully saturated rings. The molecule has 0 aliphatic heterocycles. The van der Waals surface area contributed by atoms with E-state index in [1.807, 2.05) is 12.9 Å². The van der Waals surface area contributed by atoms with Gasteiger partial charge in [-0.1, -0.05) is 19.0 Å². The normalized spacial score (nSPS) is 10.7. The van der Waals surface area contributed by atoms with Gasteiger partial charge in [-0.25, -0.2) is 4.98 Å². The molecule has 0 N–H and O–H groups in total. The second-order valence-corrected chi connectivity index (χ2v) is 4.05. The maximum Gasteiger partial charge on any atom is 0.199 e. The van der Waals surface area contributed by atoms with E-state index in [2.05, 4.69) is 41.2 Å². The molecule has 0 atom stereocenters. The monoisotopic (exact) mass is 203 g/mol. The molecule has 1 heterocycles. The summed E-state index contributed by atoms with van der Waals surface area (Å²) in [5, 5.41) is 1.08. The summed E-state index contributed by atoms with van der Waals surface area (Å²) in [6.45, 7) is 7.21. The van der Waals surface area contributed by atoms with Crippen molar-refractivity contribution in [2.45, 2.75) is 25.4 Å². The number of benzene rings is 1. The van der Waals surface area contributed by atoms with Crippen LogP contribution in [0.1, 0.15) is 6.92 Å². The summed E-state index contributed by atoms with van der Waals surface area (Å²) >= 11 is 1.68. The minimum atomic E-state index is 0.969. The van der Waals surface area contributed by atoms with Gasteiger partial charge in [-0.05, 0) is 19.1 Å². The SMILES string of the molecule is C[B]Sc1nc2ccccc2n1CC. The van der Waals surface area contributed by atoms with Crippen molar-refractivity contribution in [1.29, 1.82) is 0 Å². The third kappa shape index (κ3) is 1.54. The maximum atomic E-state index is 4.57. The van der Waals surface area contributed by atoms with Crippen LogP contribution in [0.15, 0.2) is 29.4 Å². The zero-order valence-corrected chi connectivity index (χ0v) is 9.21.